The summed E-state index contributed by atoms with van der Waals surface area (Å²) in [7, 11) is -3.69. The SMILES string of the molecule is CCCCCCNc1nnc(-c2cccc(S(=O)(=O)NCl)c2)s1. The number of hydrogen-bond donors (Lipinski definition) is 2. The summed E-state index contributed by atoms with van der Waals surface area (Å²) in [5.41, 5.74) is 0.689. The van der Waals surface area contributed by atoms with Crippen LogP contribution >= 0.6 is 23.1 Å². The van der Waals surface area contributed by atoms with Crippen molar-refractivity contribution in [3.05, 3.63) is 24.3 Å². The molecule has 9 heteroatoms. The van der Waals surface area contributed by atoms with Crippen molar-refractivity contribution >= 4 is 38.3 Å². The molecule has 0 atom stereocenters. The Morgan fingerprint density at radius 3 is 2.78 bits per heavy atom. The van der Waals surface area contributed by atoms with Crippen LogP contribution in [0.3, 0.4) is 0 Å². The molecular weight excluding hydrogens is 356 g/mol. The summed E-state index contributed by atoms with van der Waals surface area (Å²) in [4.78, 5) is 0.0919. The number of hydrogen-bond acceptors (Lipinski definition) is 6. The molecule has 0 bridgehead atoms. The average molecular weight is 375 g/mol. The molecule has 0 unspecified atom stereocenters. The summed E-state index contributed by atoms with van der Waals surface area (Å²) in [6.45, 7) is 3.04. The van der Waals surface area contributed by atoms with E-state index in [2.05, 4.69) is 22.4 Å². The molecule has 1 aromatic carbocycles. The fraction of sp³-hybridized carbons (Fsp3) is 0.429. The van der Waals surface area contributed by atoms with Gasteiger partial charge in [-0.25, -0.2) is 8.42 Å². The third-order valence-electron chi connectivity index (χ3n) is 3.22. The van der Waals surface area contributed by atoms with Gasteiger partial charge in [-0.3, -0.25) is 0 Å². The van der Waals surface area contributed by atoms with Crippen LogP contribution in [0.4, 0.5) is 5.13 Å². The molecule has 2 N–H and O–H groups in total. The van der Waals surface area contributed by atoms with E-state index in [1.807, 2.05) is 0 Å². The number of benzene rings is 1. The number of nitrogens with zero attached hydrogens (tertiary/aromatic N) is 2. The van der Waals surface area contributed by atoms with Gasteiger partial charge in [0.05, 0.1) is 4.90 Å². The first kappa shape index (κ1) is 18.1. The van der Waals surface area contributed by atoms with Crippen molar-refractivity contribution in [2.24, 2.45) is 0 Å². The second-order valence-electron chi connectivity index (χ2n) is 5.01. The molecule has 0 spiro atoms. The van der Waals surface area contributed by atoms with Gasteiger partial charge in [-0.1, -0.05) is 49.7 Å². The maximum Gasteiger partial charge on any atom is 0.253 e. The summed E-state index contributed by atoms with van der Waals surface area (Å²) >= 11 is 6.65. The normalized spacial score (nSPS) is 11.6. The van der Waals surface area contributed by atoms with Gasteiger partial charge in [-0.2, -0.15) is 0 Å². The van der Waals surface area contributed by atoms with Crippen LogP contribution in [0.15, 0.2) is 29.2 Å². The van der Waals surface area contributed by atoms with Gasteiger partial charge in [0, 0.05) is 12.1 Å². The molecule has 0 saturated heterocycles. The molecular formula is C14H19ClN4O2S2. The Hall–Kier alpha value is -1.22. The second-order valence-corrected chi connectivity index (χ2v) is 8.08. The highest BCUT2D eigenvalue weighted by atomic mass is 35.5. The van der Waals surface area contributed by atoms with Crippen molar-refractivity contribution in [3.8, 4) is 10.6 Å². The minimum Gasteiger partial charge on any atom is -0.360 e. The van der Waals surface area contributed by atoms with E-state index in [1.54, 1.807) is 16.4 Å². The number of nitrogens with one attached hydrogen (secondary N) is 2. The number of halogens is 1. The van der Waals surface area contributed by atoms with E-state index in [9.17, 15) is 8.42 Å². The molecule has 0 fully saturated rings. The Morgan fingerprint density at radius 2 is 2.04 bits per heavy atom. The van der Waals surface area contributed by atoms with Crippen LogP contribution in [0.2, 0.25) is 0 Å². The van der Waals surface area contributed by atoms with Crippen LogP contribution in [0.1, 0.15) is 32.6 Å². The fourth-order valence-electron chi connectivity index (χ4n) is 2.00. The number of aromatic nitrogens is 2. The molecule has 0 aliphatic carbocycles. The smallest absolute Gasteiger partial charge is 0.253 e. The molecule has 0 radical (unpaired) electrons. The molecule has 2 rings (SSSR count). The maximum atomic E-state index is 11.7. The average Bonchev–Trinajstić information content (AvgIpc) is 3.04. The predicted octanol–water partition coefficient (Wildman–Crippen LogP) is 3.63. The quantitative estimate of drug-likeness (QED) is 0.517. The van der Waals surface area contributed by atoms with Crippen molar-refractivity contribution in [2.45, 2.75) is 37.5 Å². The Labute approximate surface area is 145 Å². The fourth-order valence-corrected chi connectivity index (χ4v) is 3.66. The minimum atomic E-state index is -3.69. The zero-order chi connectivity index (χ0) is 16.7. The molecule has 6 nitrogen and oxygen atoms in total. The zero-order valence-electron chi connectivity index (χ0n) is 12.8. The standard InChI is InChI=1S/C14H19ClN4O2S2/c1-2-3-4-5-9-16-14-18-17-13(22-14)11-7-6-8-12(10-11)23(20,21)19-15/h6-8,10,19H,2-5,9H2,1H3,(H,16,18). The van der Waals surface area contributed by atoms with Gasteiger partial charge in [0.25, 0.3) is 10.0 Å². The highest BCUT2D eigenvalue weighted by Gasteiger charge is 2.14. The molecule has 2 aromatic rings. The van der Waals surface area contributed by atoms with E-state index in [4.69, 9.17) is 11.8 Å². The van der Waals surface area contributed by atoms with Gasteiger partial charge in [0.1, 0.15) is 5.01 Å². The Balaban J connectivity index is 2.04. The Morgan fingerprint density at radius 1 is 1.22 bits per heavy atom. The summed E-state index contributed by atoms with van der Waals surface area (Å²) in [6, 6.07) is 6.44. The largest absolute Gasteiger partial charge is 0.360 e. The lowest BCUT2D eigenvalue weighted by Crippen LogP contribution is -2.13. The van der Waals surface area contributed by atoms with Gasteiger partial charge < -0.3 is 5.32 Å². The third kappa shape index (κ3) is 5.13. The van der Waals surface area contributed by atoms with Crippen LogP contribution in [0, 0.1) is 0 Å². The van der Waals surface area contributed by atoms with Crippen molar-refractivity contribution in [1.82, 2.24) is 14.4 Å². The molecule has 1 aromatic heterocycles. The highest BCUT2D eigenvalue weighted by Crippen LogP contribution is 2.28. The number of rotatable bonds is 9. The minimum absolute atomic E-state index is 0.0919. The lowest BCUT2D eigenvalue weighted by atomic mass is 10.2. The summed E-state index contributed by atoms with van der Waals surface area (Å²) in [6.07, 6.45) is 4.73. The lowest BCUT2D eigenvalue weighted by Gasteiger charge is -2.02. The molecule has 1 heterocycles. The zero-order valence-corrected chi connectivity index (χ0v) is 15.1. The summed E-state index contributed by atoms with van der Waals surface area (Å²) < 4.78 is 25.2. The van der Waals surface area contributed by atoms with Gasteiger partial charge in [-0.05, 0) is 30.3 Å². The van der Waals surface area contributed by atoms with Crippen molar-refractivity contribution < 1.29 is 8.42 Å². The van der Waals surface area contributed by atoms with Gasteiger partial charge in [0.2, 0.25) is 5.13 Å². The van der Waals surface area contributed by atoms with Crippen LogP contribution in [0.25, 0.3) is 10.6 Å². The lowest BCUT2D eigenvalue weighted by molar-refractivity contribution is 0.594. The van der Waals surface area contributed by atoms with Crippen LogP contribution in [-0.4, -0.2) is 25.2 Å². The third-order valence-corrected chi connectivity index (χ3v) is 5.84. The van der Waals surface area contributed by atoms with Gasteiger partial charge >= 0.3 is 0 Å². The predicted molar refractivity (Wildman–Crippen MR) is 94.2 cm³/mol. The molecule has 0 aliphatic rings. The topological polar surface area (TPSA) is 84.0 Å². The summed E-state index contributed by atoms with van der Waals surface area (Å²) in [5, 5.41) is 12.8. The Kier molecular flexibility index (Phi) is 6.76. The number of unbranched alkanes of at least 4 members (excludes halogenated alkanes) is 3. The van der Waals surface area contributed by atoms with E-state index in [0.29, 0.717) is 10.6 Å². The van der Waals surface area contributed by atoms with E-state index < -0.39 is 10.0 Å². The number of anilines is 1. The molecule has 0 aliphatic heterocycles. The van der Waals surface area contributed by atoms with Gasteiger partial charge in [-0.15, -0.1) is 14.4 Å². The van der Waals surface area contributed by atoms with Crippen LogP contribution in [0.5, 0.6) is 0 Å². The van der Waals surface area contributed by atoms with Crippen molar-refractivity contribution in [1.29, 1.82) is 0 Å². The van der Waals surface area contributed by atoms with Gasteiger partial charge in [0.15, 0.2) is 0 Å². The first-order chi connectivity index (χ1) is 11.1. The van der Waals surface area contributed by atoms with E-state index in [-0.39, 0.29) is 4.90 Å². The van der Waals surface area contributed by atoms with Crippen LogP contribution in [-0.2, 0) is 10.0 Å². The molecule has 126 valence electrons. The first-order valence-electron chi connectivity index (χ1n) is 7.37. The summed E-state index contributed by atoms with van der Waals surface area (Å²) in [5.74, 6) is 0. The second kappa shape index (κ2) is 8.58. The number of sulfonamides is 1. The highest BCUT2D eigenvalue weighted by molar-refractivity contribution is 7.90. The van der Waals surface area contributed by atoms with E-state index in [0.717, 1.165) is 18.1 Å². The van der Waals surface area contributed by atoms with Crippen LogP contribution < -0.4 is 9.56 Å². The monoisotopic (exact) mass is 374 g/mol. The van der Waals surface area contributed by atoms with E-state index in [1.165, 1.54) is 42.7 Å². The maximum absolute atomic E-state index is 11.7. The van der Waals surface area contributed by atoms with E-state index >= 15 is 0 Å². The Bertz CT molecular complexity index is 734. The molecule has 23 heavy (non-hydrogen) atoms. The van der Waals surface area contributed by atoms with Crippen molar-refractivity contribution in [2.75, 3.05) is 11.9 Å². The molecule has 0 amide bonds. The van der Waals surface area contributed by atoms with Crippen molar-refractivity contribution in [3.63, 3.8) is 0 Å². The molecule has 0 saturated carbocycles. The first-order valence-corrected chi connectivity index (χ1v) is 10.0.